The van der Waals surface area contributed by atoms with E-state index in [9.17, 15) is 14.7 Å². The maximum atomic E-state index is 11.8. The second-order valence-corrected chi connectivity index (χ2v) is 5.75. The van der Waals surface area contributed by atoms with Gasteiger partial charge < -0.3 is 14.9 Å². The van der Waals surface area contributed by atoms with Gasteiger partial charge in [-0.05, 0) is 30.9 Å². The van der Waals surface area contributed by atoms with E-state index < -0.39 is 23.6 Å². The summed E-state index contributed by atoms with van der Waals surface area (Å²) >= 11 is 1.01. The summed E-state index contributed by atoms with van der Waals surface area (Å²) in [6.07, 6.45) is -0.517. The molecule has 0 saturated carbocycles. The Hall–Kier alpha value is -2.33. The van der Waals surface area contributed by atoms with Gasteiger partial charge in [0.25, 0.3) is 0 Å². The van der Waals surface area contributed by atoms with Crippen LogP contribution in [0, 0.1) is 0 Å². The molecule has 0 radical (unpaired) electrons. The zero-order chi connectivity index (χ0) is 16.3. The number of ether oxygens (including phenoxy) is 1. The molecule has 0 saturated heterocycles. The van der Waals surface area contributed by atoms with Crippen LogP contribution in [0.2, 0.25) is 0 Å². The molecule has 22 heavy (non-hydrogen) atoms. The van der Waals surface area contributed by atoms with Gasteiger partial charge >= 0.3 is 11.9 Å². The highest BCUT2D eigenvalue weighted by Gasteiger charge is 2.47. The SMILES string of the molecule is CC(C)OC(Cc1csc(C(=O)O)c1)(C(=O)O)c1nn[nH]n1. The van der Waals surface area contributed by atoms with Crippen molar-refractivity contribution in [2.75, 3.05) is 0 Å². The number of aliphatic carboxylic acids is 1. The molecule has 0 aliphatic rings. The number of rotatable bonds is 7. The molecule has 0 aliphatic heterocycles. The average Bonchev–Trinajstić information content (AvgIpc) is 3.08. The topological polar surface area (TPSA) is 138 Å². The molecule has 1 atom stereocenters. The van der Waals surface area contributed by atoms with E-state index in [2.05, 4.69) is 20.6 Å². The summed E-state index contributed by atoms with van der Waals surface area (Å²) < 4.78 is 5.59. The van der Waals surface area contributed by atoms with Gasteiger partial charge in [-0.3, -0.25) is 0 Å². The number of H-pyrrole nitrogens is 1. The van der Waals surface area contributed by atoms with Crippen LogP contribution in [-0.4, -0.2) is 48.9 Å². The summed E-state index contributed by atoms with van der Waals surface area (Å²) in [4.78, 5) is 22.9. The van der Waals surface area contributed by atoms with Gasteiger partial charge in [0.2, 0.25) is 11.4 Å². The van der Waals surface area contributed by atoms with Crippen molar-refractivity contribution >= 4 is 23.3 Å². The summed E-state index contributed by atoms with van der Waals surface area (Å²) in [5.74, 6) is -2.45. The van der Waals surface area contributed by atoms with Gasteiger partial charge in [-0.2, -0.15) is 5.21 Å². The van der Waals surface area contributed by atoms with Crippen molar-refractivity contribution < 1.29 is 24.5 Å². The molecule has 10 heteroatoms. The molecule has 2 aromatic rings. The third-order valence-electron chi connectivity index (χ3n) is 2.81. The minimum atomic E-state index is -1.84. The fourth-order valence-corrected chi connectivity index (χ4v) is 2.75. The Morgan fingerprint density at radius 1 is 1.45 bits per heavy atom. The number of thiophene rings is 1. The van der Waals surface area contributed by atoms with E-state index in [1.807, 2.05) is 0 Å². The van der Waals surface area contributed by atoms with Crippen molar-refractivity contribution in [3.8, 4) is 0 Å². The number of aromatic amines is 1. The quantitative estimate of drug-likeness (QED) is 0.682. The molecule has 2 heterocycles. The smallest absolute Gasteiger partial charge is 0.345 e. The number of hydrogen-bond donors (Lipinski definition) is 3. The predicted molar refractivity (Wildman–Crippen MR) is 74.7 cm³/mol. The Morgan fingerprint density at radius 3 is 2.64 bits per heavy atom. The minimum Gasteiger partial charge on any atom is -0.479 e. The average molecular weight is 326 g/mol. The highest BCUT2D eigenvalue weighted by atomic mass is 32.1. The highest BCUT2D eigenvalue weighted by molar-refractivity contribution is 7.12. The number of hydrogen-bond acceptors (Lipinski definition) is 7. The van der Waals surface area contributed by atoms with E-state index in [0.29, 0.717) is 5.56 Å². The third kappa shape index (κ3) is 3.12. The molecule has 2 aromatic heterocycles. The molecular formula is C12H14N4O5S. The van der Waals surface area contributed by atoms with Crippen molar-refractivity contribution in [3.63, 3.8) is 0 Å². The van der Waals surface area contributed by atoms with Crippen molar-refractivity contribution in [2.45, 2.75) is 32.0 Å². The molecular weight excluding hydrogens is 312 g/mol. The number of carbonyl (C=O) groups is 2. The minimum absolute atomic E-state index is 0.107. The van der Waals surface area contributed by atoms with Crippen LogP contribution in [0.15, 0.2) is 11.4 Å². The van der Waals surface area contributed by atoms with E-state index >= 15 is 0 Å². The van der Waals surface area contributed by atoms with Gasteiger partial charge in [0.05, 0.1) is 6.10 Å². The lowest BCUT2D eigenvalue weighted by molar-refractivity contribution is -0.175. The van der Waals surface area contributed by atoms with Crippen LogP contribution >= 0.6 is 11.3 Å². The molecule has 0 amide bonds. The molecule has 0 aromatic carbocycles. The standard InChI is InChI=1S/C12H14N4O5S/c1-6(2)21-12(11(19)20,10-13-15-16-14-10)4-7-3-8(9(17)18)22-5-7/h3,5-6H,4H2,1-2H3,(H,17,18)(H,19,20)(H,13,14,15,16). The summed E-state index contributed by atoms with van der Waals surface area (Å²) in [5.41, 5.74) is -1.33. The van der Waals surface area contributed by atoms with Crippen LogP contribution in [-0.2, 0) is 21.6 Å². The molecule has 1 unspecified atom stereocenters. The van der Waals surface area contributed by atoms with E-state index in [4.69, 9.17) is 9.84 Å². The maximum absolute atomic E-state index is 11.8. The summed E-state index contributed by atoms with van der Waals surface area (Å²) in [6, 6.07) is 1.41. The number of carboxylic acids is 2. The first-order chi connectivity index (χ1) is 10.3. The van der Waals surface area contributed by atoms with Crippen molar-refractivity contribution in [3.05, 3.63) is 27.7 Å². The molecule has 0 aliphatic carbocycles. The predicted octanol–water partition coefficient (Wildman–Crippen LogP) is 0.907. The number of carboxylic acid groups (broad SMARTS) is 2. The Labute approximate surface area is 128 Å². The Bertz CT molecular complexity index is 669. The van der Waals surface area contributed by atoms with Gasteiger partial charge in [0, 0.05) is 6.42 Å². The Morgan fingerprint density at radius 2 is 2.18 bits per heavy atom. The highest BCUT2D eigenvalue weighted by Crippen LogP contribution is 2.31. The fraction of sp³-hybridized carbons (Fsp3) is 0.417. The molecule has 118 valence electrons. The van der Waals surface area contributed by atoms with Crippen LogP contribution in [0.3, 0.4) is 0 Å². The number of nitrogens with zero attached hydrogens (tertiary/aromatic N) is 3. The number of tetrazole rings is 1. The van der Waals surface area contributed by atoms with E-state index in [1.54, 1.807) is 19.2 Å². The van der Waals surface area contributed by atoms with Crippen LogP contribution in [0.5, 0.6) is 0 Å². The van der Waals surface area contributed by atoms with E-state index in [1.165, 1.54) is 6.07 Å². The molecule has 0 fully saturated rings. The lowest BCUT2D eigenvalue weighted by Crippen LogP contribution is -2.43. The molecule has 9 nitrogen and oxygen atoms in total. The second-order valence-electron chi connectivity index (χ2n) is 4.84. The van der Waals surface area contributed by atoms with Crippen LogP contribution in [0.1, 0.15) is 34.9 Å². The van der Waals surface area contributed by atoms with Crippen molar-refractivity contribution in [2.24, 2.45) is 0 Å². The Balaban J connectivity index is 2.42. The first kappa shape index (κ1) is 16.0. The van der Waals surface area contributed by atoms with Crippen LogP contribution in [0.4, 0.5) is 0 Å². The number of aromatic nitrogens is 4. The first-order valence-electron chi connectivity index (χ1n) is 6.31. The van der Waals surface area contributed by atoms with Gasteiger partial charge in [-0.1, -0.05) is 5.21 Å². The van der Waals surface area contributed by atoms with Gasteiger partial charge in [0.1, 0.15) is 4.88 Å². The normalized spacial score (nSPS) is 14.0. The molecule has 0 spiro atoms. The lowest BCUT2D eigenvalue weighted by atomic mass is 9.94. The van der Waals surface area contributed by atoms with Crippen LogP contribution in [0.25, 0.3) is 0 Å². The monoisotopic (exact) mass is 326 g/mol. The van der Waals surface area contributed by atoms with Gasteiger partial charge in [0.15, 0.2) is 0 Å². The zero-order valence-corrected chi connectivity index (χ0v) is 12.6. The third-order valence-corrected chi connectivity index (χ3v) is 3.77. The van der Waals surface area contributed by atoms with Crippen molar-refractivity contribution in [1.29, 1.82) is 0 Å². The van der Waals surface area contributed by atoms with E-state index in [0.717, 1.165) is 11.3 Å². The number of nitrogens with one attached hydrogen (secondary N) is 1. The lowest BCUT2D eigenvalue weighted by Gasteiger charge is -2.28. The fourth-order valence-electron chi connectivity index (χ4n) is 2.00. The largest absolute Gasteiger partial charge is 0.479 e. The molecule has 0 bridgehead atoms. The van der Waals surface area contributed by atoms with Crippen LogP contribution < -0.4 is 0 Å². The first-order valence-corrected chi connectivity index (χ1v) is 7.19. The van der Waals surface area contributed by atoms with Crippen molar-refractivity contribution in [1.82, 2.24) is 20.6 Å². The summed E-state index contributed by atoms with van der Waals surface area (Å²) in [7, 11) is 0. The second kappa shape index (κ2) is 6.20. The molecule has 2 rings (SSSR count). The van der Waals surface area contributed by atoms with Gasteiger partial charge in [-0.25, -0.2) is 9.59 Å². The zero-order valence-electron chi connectivity index (χ0n) is 11.8. The van der Waals surface area contributed by atoms with E-state index in [-0.39, 0.29) is 17.1 Å². The maximum Gasteiger partial charge on any atom is 0.345 e. The van der Waals surface area contributed by atoms with Gasteiger partial charge in [-0.15, -0.1) is 21.5 Å². The molecule has 3 N–H and O–H groups in total. The summed E-state index contributed by atoms with van der Waals surface area (Å²) in [5, 5.41) is 33.3. The Kier molecular flexibility index (Phi) is 4.52. The number of aromatic carboxylic acids is 1. The summed E-state index contributed by atoms with van der Waals surface area (Å²) in [6.45, 7) is 3.38.